The third kappa shape index (κ3) is 3.09. The first-order chi connectivity index (χ1) is 8.22. The van der Waals surface area contributed by atoms with Crippen molar-refractivity contribution in [1.82, 2.24) is 10.2 Å². The van der Waals surface area contributed by atoms with Crippen molar-refractivity contribution in [2.75, 3.05) is 20.6 Å². The second-order valence-electron chi connectivity index (χ2n) is 5.26. The zero-order valence-electron chi connectivity index (χ0n) is 11.1. The molecule has 96 valence electrons. The molecule has 1 aliphatic carbocycles. The molecule has 1 saturated carbocycles. The lowest BCUT2D eigenvalue weighted by Crippen LogP contribution is -2.51. The fourth-order valence-electron chi connectivity index (χ4n) is 2.78. The van der Waals surface area contributed by atoms with Crippen molar-refractivity contribution in [2.45, 2.75) is 38.3 Å². The minimum atomic E-state index is 0.651. The minimum Gasteiger partial charge on any atom is -0.319 e. The maximum Gasteiger partial charge on any atom is 0.0136 e. The Balaban J connectivity index is 1.84. The van der Waals surface area contributed by atoms with Gasteiger partial charge in [-0.3, -0.25) is 0 Å². The third-order valence-electron chi connectivity index (χ3n) is 4.14. The van der Waals surface area contributed by atoms with Gasteiger partial charge in [-0.05, 0) is 64.2 Å². The van der Waals surface area contributed by atoms with Gasteiger partial charge in [-0.25, -0.2) is 0 Å². The zero-order chi connectivity index (χ0) is 12.3. The Morgan fingerprint density at radius 3 is 2.88 bits per heavy atom. The van der Waals surface area contributed by atoms with E-state index in [4.69, 9.17) is 0 Å². The maximum absolute atomic E-state index is 3.31. The fraction of sp³-hybridized carbons (Fsp3) is 0.714. The topological polar surface area (TPSA) is 15.3 Å². The van der Waals surface area contributed by atoms with Gasteiger partial charge in [0, 0.05) is 17.0 Å². The first kappa shape index (κ1) is 13.1. The van der Waals surface area contributed by atoms with Crippen LogP contribution in [0, 0.1) is 5.92 Å². The average Bonchev–Trinajstić information content (AvgIpc) is 2.77. The largest absolute Gasteiger partial charge is 0.319 e. The third-order valence-corrected chi connectivity index (χ3v) is 5.04. The zero-order valence-corrected chi connectivity index (χ0v) is 12.0. The number of nitrogens with zero attached hydrogens (tertiary/aromatic N) is 1. The monoisotopic (exact) mass is 252 g/mol. The molecular formula is C14H24N2S. The Morgan fingerprint density at radius 2 is 2.35 bits per heavy atom. The van der Waals surface area contributed by atoms with E-state index in [1.54, 1.807) is 0 Å². The maximum atomic E-state index is 3.31. The molecule has 1 aromatic heterocycles. The molecule has 0 bridgehead atoms. The first-order valence-electron chi connectivity index (χ1n) is 6.61. The smallest absolute Gasteiger partial charge is 0.0136 e. The van der Waals surface area contributed by atoms with E-state index in [1.807, 2.05) is 11.3 Å². The summed E-state index contributed by atoms with van der Waals surface area (Å²) in [5.41, 5.74) is 0. The summed E-state index contributed by atoms with van der Waals surface area (Å²) in [6.07, 6.45) is 3.95. The molecule has 1 heterocycles. The summed E-state index contributed by atoms with van der Waals surface area (Å²) < 4.78 is 0. The van der Waals surface area contributed by atoms with Crippen molar-refractivity contribution >= 4 is 11.3 Å². The Morgan fingerprint density at radius 1 is 1.53 bits per heavy atom. The van der Waals surface area contributed by atoms with Gasteiger partial charge in [0.2, 0.25) is 0 Å². The number of hydrogen-bond donors (Lipinski definition) is 1. The van der Waals surface area contributed by atoms with Crippen molar-refractivity contribution in [2.24, 2.45) is 5.92 Å². The van der Waals surface area contributed by atoms with E-state index in [-0.39, 0.29) is 0 Å². The average molecular weight is 252 g/mol. The van der Waals surface area contributed by atoms with Gasteiger partial charge < -0.3 is 10.2 Å². The van der Waals surface area contributed by atoms with Crippen LogP contribution in [0.3, 0.4) is 0 Å². The van der Waals surface area contributed by atoms with E-state index < -0.39 is 0 Å². The van der Waals surface area contributed by atoms with Crippen LogP contribution in [-0.2, 0) is 6.42 Å². The van der Waals surface area contributed by atoms with Crippen LogP contribution in [-0.4, -0.2) is 37.6 Å². The molecule has 2 nitrogen and oxygen atoms in total. The van der Waals surface area contributed by atoms with Crippen molar-refractivity contribution in [1.29, 1.82) is 0 Å². The molecule has 0 aliphatic heterocycles. The lowest BCUT2D eigenvalue weighted by Gasteiger charge is -2.45. The van der Waals surface area contributed by atoms with Crippen LogP contribution in [0.25, 0.3) is 0 Å². The summed E-state index contributed by atoms with van der Waals surface area (Å²) in [6, 6.07) is 5.84. The van der Waals surface area contributed by atoms with Crippen LogP contribution in [0.2, 0.25) is 0 Å². The van der Waals surface area contributed by atoms with Gasteiger partial charge in [0.15, 0.2) is 0 Å². The highest BCUT2D eigenvalue weighted by Crippen LogP contribution is 2.32. The van der Waals surface area contributed by atoms with Gasteiger partial charge in [-0.1, -0.05) is 6.07 Å². The molecule has 1 aromatic rings. The summed E-state index contributed by atoms with van der Waals surface area (Å²) >= 11 is 1.88. The molecule has 3 atom stereocenters. The van der Waals surface area contributed by atoms with Crippen molar-refractivity contribution in [3.63, 3.8) is 0 Å². The minimum absolute atomic E-state index is 0.651. The lowest BCUT2D eigenvalue weighted by molar-refractivity contribution is 0.0566. The van der Waals surface area contributed by atoms with Gasteiger partial charge >= 0.3 is 0 Å². The molecule has 0 aromatic carbocycles. The predicted molar refractivity (Wildman–Crippen MR) is 75.7 cm³/mol. The summed E-state index contributed by atoms with van der Waals surface area (Å²) in [6.45, 7) is 3.52. The number of likely N-dealkylation sites (N-methyl/N-ethyl adjacent to an activating group) is 1. The number of hydrogen-bond acceptors (Lipinski definition) is 3. The summed E-state index contributed by atoms with van der Waals surface area (Å²) in [5, 5.41) is 5.49. The Bertz CT molecular complexity index is 323. The van der Waals surface area contributed by atoms with Gasteiger partial charge in [-0.15, -0.1) is 11.3 Å². The second kappa shape index (κ2) is 5.98. The SMILES string of the molecule is CNCC1CCC1N(C)C(C)Cc1cccs1. The van der Waals surface area contributed by atoms with Crippen LogP contribution in [0.5, 0.6) is 0 Å². The molecular weight excluding hydrogens is 228 g/mol. The molecule has 0 radical (unpaired) electrons. The lowest BCUT2D eigenvalue weighted by atomic mass is 9.78. The quantitative estimate of drug-likeness (QED) is 0.837. The fourth-order valence-corrected chi connectivity index (χ4v) is 3.61. The van der Waals surface area contributed by atoms with Crippen molar-refractivity contribution in [3.8, 4) is 0 Å². The molecule has 3 heteroatoms. The van der Waals surface area contributed by atoms with E-state index in [0.29, 0.717) is 6.04 Å². The predicted octanol–water partition coefficient (Wildman–Crippen LogP) is 2.61. The first-order valence-corrected chi connectivity index (χ1v) is 7.49. The highest BCUT2D eigenvalue weighted by molar-refractivity contribution is 7.09. The Hall–Kier alpha value is -0.380. The van der Waals surface area contributed by atoms with Crippen LogP contribution < -0.4 is 5.32 Å². The van der Waals surface area contributed by atoms with Gasteiger partial charge in [-0.2, -0.15) is 0 Å². The van der Waals surface area contributed by atoms with Crippen LogP contribution in [0.15, 0.2) is 17.5 Å². The van der Waals surface area contributed by atoms with Crippen LogP contribution >= 0.6 is 11.3 Å². The second-order valence-corrected chi connectivity index (χ2v) is 6.29. The molecule has 0 spiro atoms. The van der Waals surface area contributed by atoms with Crippen LogP contribution in [0.1, 0.15) is 24.6 Å². The Kier molecular flexibility index (Phi) is 4.60. The molecule has 1 fully saturated rings. The van der Waals surface area contributed by atoms with E-state index in [9.17, 15) is 0 Å². The number of thiophene rings is 1. The highest BCUT2D eigenvalue weighted by atomic mass is 32.1. The molecule has 1 aliphatic rings. The van der Waals surface area contributed by atoms with Gasteiger partial charge in [0.25, 0.3) is 0 Å². The summed E-state index contributed by atoms with van der Waals surface area (Å²) in [4.78, 5) is 4.10. The van der Waals surface area contributed by atoms with E-state index in [2.05, 4.69) is 48.7 Å². The summed E-state index contributed by atoms with van der Waals surface area (Å²) in [7, 11) is 4.36. The molecule has 3 unspecified atom stereocenters. The normalized spacial score (nSPS) is 25.9. The molecule has 1 N–H and O–H groups in total. The number of rotatable bonds is 6. The molecule has 0 amide bonds. The molecule has 17 heavy (non-hydrogen) atoms. The van der Waals surface area contributed by atoms with Gasteiger partial charge in [0.05, 0.1) is 0 Å². The van der Waals surface area contributed by atoms with E-state index in [1.165, 1.54) is 30.7 Å². The number of nitrogens with one attached hydrogen (secondary N) is 1. The summed E-state index contributed by atoms with van der Waals surface area (Å²) in [5.74, 6) is 0.857. The molecule has 0 saturated heterocycles. The van der Waals surface area contributed by atoms with Crippen molar-refractivity contribution < 1.29 is 0 Å². The highest BCUT2D eigenvalue weighted by Gasteiger charge is 2.34. The van der Waals surface area contributed by atoms with Crippen molar-refractivity contribution in [3.05, 3.63) is 22.4 Å². The van der Waals surface area contributed by atoms with Gasteiger partial charge in [0.1, 0.15) is 0 Å². The van der Waals surface area contributed by atoms with E-state index in [0.717, 1.165) is 12.0 Å². The van der Waals surface area contributed by atoms with E-state index >= 15 is 0 Å². The van der Waals surface area contributed by atoms with Crippen LogP contribution in [0.4, 0.5) is 0 Å². The Labute approximate surface area is 109 Å². The molecule has 2 rings (SSSR count). The standard InChI is InChI=1S/C14H24N2S/c1-11(9-13-5-4-8-17-13)16(3)14-7-6-12(14)10-15-2/h4-5,8,11-12,14-15H,6-7,9-10H2,1-3H3.